The highest BCUT2D eigenvalue weighted by molar-refractivity contribution is 5.71. The van der Waals surface area contributed by atoms with Crippen LogP contribution in [0.1, 0.15) is 63.9 Å². The zero-order valence-corrected chi connectivity index (χ0v) is 16.6. The predicted molar refractivity (Wildman–Crippen MR) is 106 cm³/mol. The van der Waals surface area contributed by atoms with E-state index in [1.807, 2.05) is 30.3 Å². The lowest BCUT2D eigenvalue weighted by atomic mass is 9.84. The molecule has 3 N–H and O–H groups in total. The molecule has 1 aromatic carbocycles. The van der Waals surface area contributed by atoms with Gasteiger partial charge in [0.2, 0.25) is 0 Å². The van der Waals surface area contributed by atoms with E-state index in [0.717, 1.165) is 24.8 Å². The fourth-order valence-electron chi connectivity index (χ4n) is 3.62. The number of nitrogens with two attached hydrogens (primary N) is 1. The Labute approximate surface area is 158 Å². The highest BCUT2D eigenvalue weighted by Gasteiger charge is 2.40. The highest BCUT2D eigenvalue weighted by Crippen LogP contribution is 2.39. The maximum atomic E-state index is 11.0. The fraction of sp³-hybridized carbons (Fsp3) is 0.667. The summed E-state index contributed by atoms with van der Waals surface area (Å²) < 4.78 is 11.8. The molecule has 1 aromatic rings. The van der Waals surface area contributed by atoms with Gasteiger partial charge in [0.1, 0.15) is 0 Å². The molecule has 1 rings (SSSR count). The first kappa shape index (κ1) is 22.5. The summed E-state index contributed by atoms with van der Waals surface area (Å²) >= 11 is 0. The minimum atomic E-state index is -0.815. The number of hydrogen-bond donors (Lipinski definition) is 2. The Morgan fingerprint density at radius 2 is 1.65 bits per heavy atom. The van der Waals surface area contributed by atoms with Crippen LogP contribution in [0, 0.1) is 5.92 Å². The normalized spacial score (nSPS) is 12.7. The Kier molecular flexibility index (Phi) is 11.0. The van der Waals surface area contributed by atoms with Crippen LogP contribution in [-0.2, 0) is 15.3 Å². The fourth-order valence-corrected chi connectivity index (χ4v) is 3.62. The van der Waals surface area contributed by atoms with Gasteiger partial charge in [-0.1, -0.05) is 75.8 Å². The van der Waals surface area contributed by atoms with E-state index in [9.17, 15) is 4.79 Å². The summed E-state index contributed by atoms with van der Waals surface area (Å²) in [5, 5.41) is 2.69. The van der Waals surface area contributed by atoms with Gasteiger partial charge in [-0.3, -0.25) is 0 Å². The first-order valence-corrected chi connectivity index (χ1v) is 9.79. The zero-order valence-electron chi connectivity index (χ0n) is 16.6. The summed E-state index contributed by atoms with van der Waals surface area (Å²) in [6.45, 7) is 2.74. The second-order valence-corrected chi connectivity index (χ2v) is 6.77. The topological polar surface area (TPSA) is 73.6 Å². The number of urea groups is 1. The molecule has 0 saturated carbocycles. The van der Waals surface area contributed by atoms with Crippen molar-refractivity contribution in [2.24, 2.45) is 11.7 Å². The molecular formula is C21H36N2O3. The lowest BCUT2D eigenvalue weighted by Gasteiger charge is -2.39. The number of primary amides is 1. The van der Waals surface area contributed by atoms with Gasteiger partial charge < -0.3 is 20.5 Å². The van der Waals surface area contributed by atoms with Crippen molar-refractivity contribution in [2.45, 2.75) is 64.1 Å². The van der Waals surface area contributed by atoms with Crippen LogP contribution >= 0.6 is 0 Å². The van der Waals surface area contributed by atoms with Crippen LogP contribution in [0.4, 0.5) is 4.79 Å². The number of rotatable bonds is 14. The van der Waals surface area contributed by atoms with E-state index in [1.54, 1.807) is 14.2 Å². The van der Waals surface area contributed by atoms with Crippen molar-refractivity contribution < 1.29 is 14.3 Å². The summed E-state index contributed by atoms with van der Waals surface area (Å²) in [4.78, 5) is 11.0. The smallest absolute Gasteiger partial charge is 0.312 e. The first-order chi connectivity index (χ1) is 12.6. The Hall–Kier alpha value is -1.59. The molecule has 26 heavy (non-hydrogen) atoms. The second-order valence-electron chi connectivity index (χ2n) is 6.77. The molecule has 0 bridgehead atoms. The summed E-state index contributed by atoms with van der Waals surface area (Å²) in [6.07, 6.45) is 9.16. The number of carbonyl (C=O) groups is 1. The Morgan fingerprint density at radius 1 is 1.04 bits per heavy atom. The van der Waals surface area contributed by atoms with E-state index in [-0.39, 0.29) is 5.92 Å². The van der Waals surface area contributed by atoms with Crippen LogP contribution in [-0.4, -0.2) is 26.8 Å². The van der Waals surface area contributed by atoms with Crippen LogP contribution in [0.3, 0.4) is 0 Å². The monoisotopic (exact) mass is 364 g/mol. The number of nitrogens with one attached hydrogen (secondary N) is 1. The van der Waals surface area contributed by atoms with E-state index in [1.165, 1.54) is 32.1 Å². The highest BCUT2D eigenvalue weighted by atomic mass is 16.7. The van der Waals surface area contributed by atoms with Crippen LogP contribution in [0.25, 0.3) is 0 Å². The average Bonchev–Trinajstić information content (AvgIpc) is 2.66. The summed E-state index contributed by atoms with van der Waals surface area (Å²) in [7, 11) is 3.37. The average molecular weight is 365 g/mol. The van der Waals surface area contributed by atoms with Gasteiger partial charge in [-0.25, -0.2) is 4.79 Å². The van der Waals surface area contributed by atoms with E-state index in [0.29, 0.717) is 6.54 Å². The Morgan fingerprint density at radius 3 is 2.23 bits per heavy atom. The molecule has 0 radical (unpaired) electrons. The van der Waals surface area contributed by atoms with Crippen molar-refractivity contribution >= 4 is 6.03 Å². The van der Waals surface area contributed by atoms with Crippen LogP contribution in [0.5, 0.6) is 0 Å². The van der Waals surface area contributed by atoms with E-state index >= 15 is 0 Å². The molecule has 1 atom stereocenters. The molecule has 1 unspecified atom stereocenters. The molecule has 2 amide bonds. The molecule has 0 heterocycles. The lowest BCUT2D eigenvalue weighted by Crippen LogP contribution is -2.41. The molecule has 0 aliphatic heterocycles. The van der Waals surface area contributed by atoms with Crippen molar-refractivity contribution in [3.63, 3.8) is 0 Å². The van der Waals surface area contributed by atoms with Gasteiger partial charge in [0.15, 0.2) is 5.79 Å². The van der Waals surface area contributed by atoms with Gasteiger partial charge in [0, 0.05) is 32.2 Å². The number of carbonyl (C=O) groups excluding carboxylic acids is 1. The van der Waals surface area contributed by atoms with Gasteiger partial charge in [-0.05, 0) is 12.8 Å². The maximum absolute atomic E-state index is 11.0. The number of hydrogen-bond acceptors (Lipinski definition) is 3. The van der Waals surface area contributed by atoms with Crippen molar-refractivity contribution in [3.05, 3.63) is 35.9 Å². The molecular weight excluding hydrogens is 328 g/mol. The van der Waals surface area contributed by atoms with Gasteiger partial charge >= 0.3 is 6.03 Å². The van der Waals surface area contributed by atoms with Crippen molar-refractivity contribution in [1.82, 2.24) is 5.32 Å². The van der Waals surface area contributed by atoms with Crippen molar-refractivity contribution in [1.29, 1.82) is 0 Å². The molecule has 0 saturated heterocycles. The minimum absolute atomic E-state index is 0.123. The number of unbranched alkanes of at least 4 members (excludes halogenated alkanes) is 5. The van der Waals surface area contributed by atoms with Gasteiger partial charge in [0.25, 0.3) is 0 Å². The molecule has 0 aliphatic carbocycles. The number of ether oxygens (including phenoxy) is 2. The Balaban J connectivity index is 2.82. The molecule has 0 aliphatic rings. The quantitative estimate of drug-likeness (QED) is 0.375. The lowest BCUT2D eigenvalue weighted by molar-refractivity contribution is -0.253. The first-order valence-electron chi connectivity index (χ1n) is 9.79. The van der Waals surface area contributed by atoms with Crippen LogP contribution in [0.2, 0.25) is 0 Å². The van der Waals surface area contributed by atoms with Gasteiger partial charge in [-0.2, -0.15) is 0 Å². The molecule has 148 valence electrons. The molecule has 0 spiro atoms. The molecule has 0 aromatic heterocycles. The minimum Gasteiger partial charge on any atom is -0.352 e. The van der Waals surface area contributed by atoms with Crippen molar-refractivity contribution in [3.8, 4) is 0 Å². The summed E-state index contributed by atoms with van der Waals surface area (Å²) in [5.74, 6) is -0.692. The largest absolute Gasteiger partial charge is 0.352 e. The maximum Gasteiger partial charge on any atom is 0.312 e. The molecule has 5 heteroatoms. The van der Waals surface area contributed by atoms with Crippen LogP contribution < -0.4 is 11.1 Å². The standard InChI is InChI=1S/C21H36N2O3/c1-4-5-6-7-8-10-15-19(16-17-23-20(22)24)21(25-2,26-3)18-13-11-9-12-14-18/h9,11-14,19H,4-8,10,15-17H2,1-3H3,(H3,22,23,24). The third-order valence-corrected chi connectivity index (χ3v) is 5.02. The van der Waals surface area contributed by atoms with Crippen LogP contribution in [0.15, 0.2) is 30.3 Å². The Bertz CT molecular complexity index is 489. The number of methoxy groups -OCH3 is 2. The third kappa shape index (κ3) is 6.96. The van der Waals surface area contributed by atoms with E-state index in [2.05, 4.69) is 12.2 Å². The molecule has 0 fully saturated rings. The summed E-state index contributed by atoms with van der Waals surface area (Å²) in [5.41, 5.74) is 6.22. The SMILES string of the molecule is CCCCCCCCC(CCNC(N)=O)C(OC)(OC)c1ccccc1. The summed E-state index contributed by atoms with van der Waals surface area (Å²) in [6, 6.07) is 9.53. The number of amides is 2. The number of benzene rings is 1. The molecule has 5 nitrogen and oxygen atoms in total. The van der Waals surface area contributed by atoms with Gasteiger partial charge in [-0.15, -0.1) is 0 Å². The van der Waals surface area contributed by atoms with Crippen molar-refractivity contribution in [2.75, 3.05) is 20.8 Å². The predicted octanol–water partition coefficient (Wildman–Crippen LogP) is 4.56. The zero-order chi connectivity index (χ0) is 19.3. The van der Waals surface area contributed by atoms with E-state index < -0.39 is 11.8 Å². The van der Waals surface area contributed by atoms with E-state index in [4.69, 9.17) is 15.2 Å². The third-order valence-electron chi connectivity index (χ3n) is 5.02. The second kappa shape index (κ2) is 12.7. The van der Waals surface area contributed by atoms with Gasteiger partial charge in [0.05, 0.1) is 0 Å².